The summed E-state index contributed by atoms with van der Waals surface area (Å²) in [5, 5.41) is 9.28. The molecule has 0 aliphatic rings. The number of carbonyl (C=O) groups excluding carboxylic acids is 1. The predicted molar refractivity (Wildman–Crippen MR) is 87.8 cm³/mol. The summed E-state index contributed by atoms with van der Waals surface area (Å²) >= 11 is 0. The van der Waals surface area contributed by atoms with E-state index in [-0.39, 0.29) is 10.8 Å². The van der Waals surface area contributed by atoms with Crippen LogP contribution >= 0.6 is 0 Å². The standard InChI is InChI=1S/C18H26O4/c1-11(19)16(20)22-15-13(17(2,3)4)9-12(21-8)10-14(15)18(5,6)7/h9-10,19H,1H2,2-8H3. The van der Waals surface area contributed by atoms with Gasteiger partial charge in [0.1, 0.15) is 11.5 Å². The van der Waals surface area contributed by atoms with E-state index < -0.39 is 11.7 Å². The molecule has 4 nitrogen and oxygen atoms in total. The second-order valence-electron chi connectivity index (χ2n) is 7.39. The van der Waals surface area contributed by atoms with Gasteiger partial charge in [-0.25, -0.2) is 4.79 Å². The molecule has 0 aromatic heterocycles. The highest BCUT2D eigenvalue weighted by molar-refractivity contribution is 5.87. The number of methoxy groups -OCH3 is 1. The Kier molecular flexibility index (Phi) is 4.96. The van der Waals surface area contributed by atoms with E-state index in [2.05, 4.69) is 6.58 Å². The number of esters is 1. The minimum absolute atomic E-state index is 0.263. The number of hydrogen-bond acceptors (Lipinski definition) is 4. The predicted octanol–water partition coefficient (Wildman–Crippen LogP) is 4.27. The summed E-state index contributed by atoms with van der Waals surface area (Å²) in [6.07, 6.45) is 0. The minimum Gasteiger partial charge on any atom is -0.502 e. The molecule has 4 heteroatoms. The SMILES string of the molecule is C=C(O)C(=O)Oc1c(C(C)(C)C)cc(OC)cc1C(C)(C)C. The Bertz CT molecular complexity index is 551. The van der Waals surface area contributed by atoms with E-state index in [0.717, 1.165) is 11.1 Å². The molecule has 0 atom stereocenters. The van der Waals surface area contributed by atoms with Crippen molar-refractivity contribution in [2.75, 3.05) is 7.11 Å². The molecule has 0 aliphatic carbocycles. The second-order valence-corrected chi connectivity index (χ2v) is 7.39. The molecule has 0 saturated heterocycles. The average molecular weight is 306 g/mol. The second kappa shape index (κ2) is 6.03. The fourth-order valence-corrected chi connectivity index (χ4v) is 2.10. The molecule has 22 heavy (non-hydrogen) atoms. The third kappa shape index (κ3) is 4.03. The van der Waals surface area contributed by atoms with Crippen molar-refractivity contribution in [2.24, 2.45) is 0 Å². The first kappa shape index (κ1) is 18.1. The monoisotopic (exact) mass is 306 g/mol. The lowest BCUT2D eigenvalue weighted by Gasteiger charge is -2.29. The maximum absolute atomic E-state index is 11.8. The summed E-state index contributed by atoms with van der Waals surface area (Å²) in [5.74, 6) is -0.296. The molecule has 0 amide bonds. The van der Waals surface area contributed by atoms with Gasteiger partial charge in [0.05, 0.1) is 7.11 Å². The van der Waals surface area contributed by atoms with Gasteiger partial charge < -0.3 is 14.6 Å². The van der Waals surface area contributed by atoms with Crippen LogP contribution in [0.3, 0.4) is 0 Å². The normalized spacial score (nSPS) is 12.0. The Morgan fingerprint density at radius 2 is 1.45 bits per heavy atom. The highest BCUT2D eigenvalue weighted by atomic mass is 16.5. The lowest BCUT2D eigenvalue weighted by Crippen LogP contribution is -2.22. The van der Waals surface area contributed by atoms with Crippen LogP contribution in [0.5, 0.6) is 11.5 Å². The van der Waals surface area contributed by atoms with Crippen LogP contribution in [0.25, 0.3) is 0 Å². The number of aliphatic hydroxyl groups excluding tert-OH is 1. The molecule has 1 rings (SSSR count). The van der Waals surface area contributed by atoms with Gasteiger partial charge in [-0.1, -0.05) is 41.5 Å². The summed E-state index contributed by atoms with van der Waals surface area (Å²) in [6, 6.07) is 3.72. The zero-order valence-electron chi connectivity index (χ0n) is 14.5. The number of rotatable bonds is 3. The van der Waals surface area contributed by atoms with Gasteiger partial charge in [-0.05, 0) is 29.5 Å². The first-order valence-electron chi connectivity index (χ1n) is 7.21. The zero-order valence-corrected chi connectivity index (χ0v) is 14.5. The van der Waals surface area contributed by atoms with Crippen LogP contribution in [0.15, 0.2) is 24.5 Å². The Morgan fingerprint density at radius 1 is 1.05 bits per heavy atom. The van der Waals surface area contributed by atoms with Crippen molar-refractivity contribution in [3.8, 4) is 11.5 Å². The number of aliphatic hydroxyl groups is 1. The van der Waals surface area contributed by atoms with Gasteiger partial charge in [-0.15, -0.1) is 0 Å². The van der Waals surface area contributed by atoms with Gasteiger partial charge in [0.15, 0.2) is 5.76 Å². The highest BCUT2D eigenvalue weighted by Gasteiger charge is 2.30. The third-order valence-corrected chi connectivity index (χ3v) is 3.34. The van der Waals surface area contributed by atoms with Gasteiger partial charge in [0, 0.05) is 11.1 Å². The number of ether oxygens (including phenoxy) is 2. The molecule has 0 aliphatic heterocycles. The maximum atomic E-state index is 11.8. The number of carbonyl (C=O) groups is 1. The third-order valence-electron chi connectivity index (χ3n) is 3.34. The Labute approximate surface area is 132 Å². The zero-order chi connectivity index (χ0) is 17.3. The van der Waals surface area contributed by atoms with E-state index in [4.69, 9.17) is 9.47 Å². The molecule has 1 aromatic carbocycles. The van der Waals surface area contributed by atoms with Crippen molar-refractivity contribution in [1.82, 2.24) is 0 Å². The molecular weight excluding hydrogens is 280 g/mol. The molecule has 0 bridgehead atoms. The maximum Gasteiger partial charge on any atom is 0.378 e. The minimum atomic E-state index is -0.846. The molecule has 0 heterocycles. The van der Waals surface area contributed by atoms with Crippen LogP contribution in [-0.4, -0.2) is 18.2 Å². The quantitative estimate of drug-likeness (QED) is 0.392. The summed E-state index contributed by atoms with van der Waals surface area (Å²) in [7, 11) is 1.61. The van der Waals surface area contributed by atoms with Crippen LogP contribution in [0, 0.1) is 0 Å². The van der Waals surface area contributed by atoms with Gasteiger partial charge >= 0.3 is 5.97 Å². The first-order valence-corrected chi connectivity index (χ1v) is 7.21. The average Bonchev–Trinajstić information content (AvgIpc) is 2.35. The van der Waals surface area contributed by atoms with E-state index in [1.165, 1.54) is 0 Å². The molecule has 0 spiro atoms. The van der Waals surface area contributed by atoms with Gasteiger partial charge in [0.25, 0.3) is 0 Å². The summed E-state index contributed by atoms with van der Waals surface area (Å²) in [5.41, 5.74) is 1.15. The van der Waals surface area contributed by atoms with Crippen LogP contribution in [-0.2, 0) is 15.6 Å². The summed E-state index contributed by atoms with van der Waals surface area (Å²) in [4.78, 5) is 11.8. The van der Waals surface area contributed by atoms with E-state index in [0.29, 0.717) is 11.5 Å². The van der Waals surface area contributed by atoms with E-state index in [1.807, 2.05) is 53.7 Å². The van der Waals surface area contributed by atoms with Gasteiger partial charge in [-0.2, -0.15) is 0 Å². The molecule has 0 fully saturated rings. The fourth-order valence-electron chi connectivity index (χ4n) is 2.10. The van der Waals surface area contributed by atoms with Crippen molar-refractivity contribution in [1.29, 1.82) is 0 Å². The molecule has 0 saturated carbocycles. The summed E-state index contributed by atoms with van der Waals surface area (Å²) < 4.78 is 10.8. The smallest absolute Gasteiger partial charge is 0.378 e. The van der Waals surface area contributed by atoms with Crippen molar-refractivity contribution >= 4 is 5.97 Å². The molecular formula is C18H26O4. The lowest BCUT2D eigenvalue weighted by atomic mass is 9.79. The van der Waals surface area contributed by atoms with Crippen molar-refractivity contribution < 1.29 is 19.4 Å². The van der Waals surface area contributed by atoms with E-state index >= 15 is 0 Å². The van der Waals surface area contributed by atoms with Crippen LogP contribution in [0.4, 0.5) is 0 Å². The van der Waals surface area contributed by atoms with E-state index in [9.17, 15) is 9.90 Å². The first-order chi connectivity index (χ1) is 9.87. The van der Waals surface area contributed by atoms with E-state index in [1.54, 1.807) is 7.11 Å². The number of benzene rings is 1. The molecule has 1 N–H and O–H groups in total. The van der Waals surface area contributed by atoms with Crippen LogP contribution in [0.2, 0.25) is 0 Å². The van der Waals surface area contributed by atoms with Crippen molar-refractivity contribution in [3.05, 3.63) is 35.6 Å². The highest BCUT2D eigenvalue weighted by Crippen LogP contribution is 2.42. The molecule has 0 radical (unpaired) electrons. The Hall–Kier alpha value is -1.97. The molecule has 122 valence electrons. The number of hydrogen-bond donors (Lipinski definition) is 1. The van der Waals surface area contributed by atoms with Crippen LogP contribution < -0.4 is 9.47 Å². The van der Waals surface area contributed by atoms with Gasteiger partial charge in [-0.3, -0.25) is 0 Å². The molecule has 0 unspecified atom stereocenters. The van der Waals surface area contributed by atoms with Crippen molar-refractivity contribution in [2.45, 2.75) is 52.4 Å². The lowest BCUT2D eigenvalue weighted by molar-refractivity contribution is -0.133. The van der Waals surface area contributed by atoms with Gasteiger partial charge in [0.2, 0.25) is 0 Å². The van der Waals surface area contributed by atoms with Crippen LogP contribution in [0.1, 0.15) is 52.7 Å². The van der Waals surface area contributed by atoms with Crippen molar-refractivity contribution in [3.63, 3.8) is 0 Å². The Balaban J connectivity index is 3.66. The largest absolute Gasteiger partial charge is 0.502 e. The fraction of sp³-hybridized carbons (Fsp3) is 0.500. The molecule has 1 aromatic rings. The summed E-state index contributed by atoms with van der Waals surface area (Å²) in [6.45, 7) is 15.4. The topological polar surface area (TPSA) is 55.8 Å². The Morgan fingerprint density at radius 3 is 1.73 bits per heavy atom.